The largest absolute Gasteiger partial charge is 0.416 e. The first-order chi connectivity index (χ1) is 12.1. The number of carbonyl (C=O) groups excluding carboxylic acids is 1. The number of amides is 1. The highest BCUT2D eigenvalue weighted by Gasteiger charge is 2.37. The molecule has 0 bridgehead atoms. The van der Waals surface area contributed by atoms with Crippen LogP contribution in [0.25, 0.3) is 0 Å². The van der Waals surface area contributed by atoms with E-state index in [2.05, 4.69) is 0 Å². The minimum Gasteiger partial charge on any atom is -0.378 e. The number of anilines is 1. The molecule has 1 aromatic carbocycles. The average Bonchev–Trinajstić information content (AvgIpc) is 3.03. The standard InChI is InChI=1S/C16H17F6NO3/c17-15(18,19)10-6-11(16(20,21)22)8-12(7-10)23-14(24)3-5-25-9-13-2-1-4-26-13/h6-8,13H,1-5,9H2,(H,23,24). The van der Waals surface area contributed by atoms with Gasteiger partial charge in [-0.2, -0.15) is 26.3 Å². The van der Waals surface area contributed by atoms with Crippen molar-refractivity contribution in [2.75, 3.05) is 25.1 Å². The number of carbonyl (C=O) groups is 1. The van der Waals surface area contributed by atoms with Crippen molar-refractivity contribution >= 4 is 11.6 Å². The summed E-state index contributed by atoms with van der Waals surface area (Å²) in [4.78, 5) is 11.7. The third-order valence-corrected chi connectivity index (χ3v) is 3.67. The summed E-state index contributed by atoms with van der Waals surface area (Å²) >= 11 is 0. The predicted molar refractivity (Wildman–Crippen MR) is 79.5 cm³/mol. The van der Waals surface area contributed by atoms with E-state index < -0.39 is 35.1 Å². The summed E-state index contributed by atoms with van der Waals surface area (Å²) in [6.07, 6.45) is -8.42. The van der Waals surface area contributed by atoms with Crippen LogP contribution < -0.4 is 5.32 Å². The molecule has 10 heteroatoms. The first-order valence-corrected chi connectivity index (χ1v) is 7.84. The highest BCUT2D eigenvalue weighted by atomic mass is 19.4. The normalized spacial score (nSPS) is 18.2. The van der Waals surface area contributed by atoms with Gasteiger partial charge in [0, 0.05) is 12.3 Å². The van der Waals surface area contributed by atoms with Crippen LogP contribution in [0.4, 0.5) is 32.0 Å². The Labute approximate surface area is 145 Å². The maximum absolute atomic E-state index is 12.8. The Kier molecular flexibility index (Phi) is 6.51. The minimum absolute atomic E-state index is 0.000366. The topological polar surface area (TPSA) is 47.6 Å². The SMILES string of the molecule is O=C(CCOCC1CCCO1)Nc1cc(C(F)(F)F)cc(C(F)(F)F)c1. The molecule has 146 valence electrons. The van der Waals surface area contributed by atoms with Crippen molar-refractivity contribution in [3.05, 3.63) is 29.3 Å². The number of ether oxygens (including phenoxy) is 2. The average molecular weight is 385 g/mol. The molecule has 1 amide bonds. The lowest BCUT2D eigenvalue weighted by Gasteiger charge is -2.15. The Hall–Kier alpha value is -1.81. The summed E-state index contributed by atoms with van der Waals surface area (Å²) in [6.45, 7) is 0.914. The first-order valence-electron chi connectivity index (χ1n) is 7.84. The first kappa shape index (κ1) is 20.5. The molecule has 1 heterocycles. The molecule has 1 unspecified atom stereocenters. The Balaban J connectivity index is 1.95. The Bertz CT molecular complexity index is 591. The van der Waals surface area contributed by atoms with E-state index in [0.29, 0.717) is 18.7 Å². The summed E-state index contributed by atoms with van der Waals surface area (Å²) in [5.41, 5.74) is -3.55. The van der Waals surface area contributed by atoms with Gasteiger partial charge in [-0.25, -0.2) is 0 Å². The van der Waals surface area contributed by atoms with Gasteiger partial charge in [-0.3, -0.25) is 4.79 Å². The molecule has 1 aliphatic heterocycles. The fourth-order valence-electron chi connectivity index (χ4n) is 2.41. The van der Waals surface area contributed by atoms with Gasteiger partial charge in [-0.15, -0.1) is 0 Å². The Morgan fingerprint density at radius 3 is 2.23 bits per heavy atom. The Morgan fingerprint density at radius 2 is 1.73 bits per heavy atom. The van der Waals surface area contributed by atoms with Crippen molar-refractivity contribution in [1.29, 1.82) is 0 Å². The van der Waals surface area contributed by atoms with Crippen molar-refractivity contribution in [3.63, 3.8) is 0 Å². The molecule has 1 saturated heterocycles. The molecule has 0 spiro atoms. The number of halogens is 6. The molecule has 0 saturated carbocycles. The number of nitrogens with one attached hydrogen (secondary N) is 1. The zero-order chi connectivity index (χ0) is 19.4. The van der Waals surface area contributed by atoms with Crippen molar-refractivity contribution in [3.8, 4) is 0 Å². The molecule has 4 nitrogen and oxygen atoms in total. The van der Waals surface area contributed by atoms with Gasteiger partial charge in [-0.05, 0) is 31.0 Å². The summed E-state index contributed by atoms with van der Waals surface area (Å²) in [6, 6.07) is 0.918. The van der Waals surface area contributed by atoms with Gasteiger partial charge < -0.3 is 14.8 Å². The van der Waals surface area contributed by atoms with Crippen molar-refractivity contribution in [1.82, 2.24) is 0 Å². The van der Waals surface area contributed by atoms with E-state index in [9.17, 15) is 31.1 Å². The van der Waals surface area contributed by atoms with Crippen LogP contribution in [0.3, 0.4) is 0 Å². The molecule has 1 aliphatic rings. The van der Waals surface area contributed by atoms with Crippen LogP contribution in [0.15, 0.2) is 18.2 Å². The molecular formula is C16H17F6NO3. The number of hydrogen-bond donors (Lipinski definition) is 1. The molecule has 0 aromatic heterocycles. The molecule has 0 aliphatic carbocycles. The van der Waals surface area contributed by atoms with Crippen LogP contribution in [0.2, 0.25) is 0 Å². The third-order valence-electron chi connectivity index (χ3n) is 3.67. The number of alkyl halides is 6. The summed E-state index contributed by atoms with van der Waals surface area (Å²) in [5, 5.41) is 2.05. The fraction of sp³-hybridized carbons (Fsp3) is 0.562. The van der Waals surface area contributed by atoms with Crippen LogP contribution in [0.1, 0.15) is 30.4 Å². The minimum atomic E-state index is -4.97. The van der Waals surface area contributed by atoms with Gasteiger partial charge in [0.05, 0.1) is 36.9 Å². The fourth-order valence-corrected chi connectivity index (χ4v) is 2.41. The van der Waals surface area contributed by atoms with Gasteiger partial charge in [0.2, 0.25) is 5.91 Å². The van der Waals surface area contributed by atoms with E-state index >= 15 is 0 Å². The molecule has 26 heavy (non-hydrogen) atoms. The van der Waals surface area contributed by atoms with Gasteiger partial charge in [0.25, 0.3) is 0 Å². The van der Waals surface area contributed by atoms with Crippen LogP contribution >= 0.6 is 0 Å². The van der Waals surface area contributed by atoms with Crippen molar-refractivity contribution in [2.45, 2.75) is 37.7 Å². The maximum atomic E-state index is 12.8. The van der Waals surface area contributed by atoms with Crippen LogP contribution in [0, 0.1) is 0 Å². The molecule has 1 fully saturated rings. The second-order valence-electron chi connectivity index (χ2n) is 5.80. The monoisotopic (exact) mass is 385 g/mol. The van der Waals surface area contributed by atoms with E-state index in [1.165, 1.54) is 0 Å². The molecule has 1 N–H and O–H groups in total. The Morgan fingerprint density at radius 1 is 1.12 bits per heavy atom. The van der Waals surface area contributed by atoms with Crippen LogP contribution in [-0.2, 0) is 26.6 Å². The quantitative estimate of drug-likeness (QED) is 0.588. The van der Waals surface area contributed by atoms with Crippen molar-refractivity contribution in [2.24, 2.45) is 0 Å². The van der Waals surface area contributed by atoms with E-state index in [0.717, 1.165) is 12.8 Å². The predicted octanol–water partition coefficient (Wildman–Crippen LogP) is 4.25. The molecule has 1 atom stereocenters. The smallest absolute Gasteiger partial charge is 0.378 e. The second kappa shape index (κ2) is 8.26. The molecule has 0 radical (unpaired) electrons. The van der Waals surface area contributed by atoms with Gasteiger partial charge >= 0.3 is 12.4 Å². The van der Waals surface area contributed by atoms with E-state index in [1.54, 1.807) is 0 Å². The van der Waals surface area contributed by atoms with Crippen LogP contribution in [0.5, 0.6) is 0 Å². The summed E-state index contributed by atoms with van der Waals surface area (Å²) in [7, 11) is 0. The van der Waals surface area contributed by atoms with E-state index in [1.807, 2.05) is 5.32 Å². The lowest BCUT2D eigenvalue weighted by molar-refractivity contribution is -0.143. The third kappa shape index (κ3) is 6.17. The molecular weight excluding hydrogens is 368 g/mol. The highest BCUT2D eigenvalue weighted by molar-refractivity contribution is 5.91. The lowest BCUT2D eigenvalue weighted by atomic mass is 10.1. The number of rotatable bonds is 6. The van der Waals surface area contributed by atoms with Gasteiger partial charge in [0.15, 0.2) is 0 Å². The zero-order valence-corrected chi connectivity index (χ0v) is 13.5. The zero-order valence-electron chi connectivity index (χ0n) is 13.5. The van der Waals surface area contributed by atoms with Gasteiger partial charge in [0.1, 0.15) is 0 Å². The van der Waals surface area contributed by atoms with Gasteiger partial charge in [-0.1, -0.05) is 0 Å². The number of hydrogen-bond acceptors (Lipinski definition) is 3. The highest BCUT2D eigenvalue weighted by Crippen LogP contribution is 2.37. The van der Waals surface area contributed by atoms with Crippen LogP contribution in [-0.4, -0.2) is 31.8 Å². The maximum Gasteiger partial charge on any atom is 0.416 e. The van der Waals surface area contributed by atoms with E-state index in [4.69, 9.17) is 9.47 Å². The second-order valence-corrected chi connectivity index (χ2v) is 5.80. The van der Waals surface area contributed by atoms with Crippen molar-refractivity contribution < 1.29 is 40.6 Å². The number of benzene rings is 1. The summed E-state index contributed by atoms with van der Waals surface area (Å²) in [5.74, 6) is -0.746. The molecule has 2 rings (SSSR count). The summed E-state index contributed by atoms with van der Waals surface area (Å²) < 4.78 is 87.1. The molecule has 1 aromatic rings. The lowest BCUT2D eigenvalue weighted by Crippen LogP contribution is -2.19. The van der Waals surface area contributed by atoms with E-state index in [-0.39, 0.29) is 31.8 Å².